The van der Waals surface area contributed by atoms with E-state index in [0.29, 0.717) is 43.7 Å². The molecule has 34 heavy (non-hydrogen) atoms. The molecule has 0 saturated carbocycles. The Balaban J connectivity index is 1.28. The first kappa shape index (κ1) is 24.4. The average molecular weight is 490 g/mol. The number of aryl methyl sites for hydroxylation is 3. The predicted octanol–water partition coefficient (Wildman–Crippen LogP) is 2.53. The number of likely N-dealkylation sites (tertiary alicyclic amines) is 1. The Bertz CT molecular complexity index is 1130. The second kappa shape index (κ2) is 10.7. The van der Waals surface area contributed by atoms with Gasteiger partial charge in [-0.15, -0.1) is 11.3 Å². The Morgan fingerprint density at radius 3 is 2.68 bits per heavy atom. The number of amides is 1. The lowest BCUT2D eigenvalue weighted by Crippen LogP contribution is -2.45. The highest BCUT2D eigenvalue weighted by Gasteiger charge is 2.31. The van der Waals surface area contributed by atoms with Crippen molar-refractivity contribution in [2.24, 2.45) is 5.92 Å². The van der Waals surface area contributed by atoms with Gasteiger partial charge in [-0.1, -0.05) is 0 Å². The van der Waals surface area contributed by atoms with Crippen LogP contribution >= 0.6 is 11.3 Å². The van der Waals surface area contributed by atoms with E-state index in [-0.39, 0.29) is 36.2 Å². The lowest BCUT2D eigenvalue weighted by molar-refractivity contribution is -0.160. The largest absolute Gasteiger partial charge is 0.466 e. The Morgan fingerprint density at radius 1 is 1.21 bits per heavy atom. The fourth-order valence-corrected chi connectivity index (χ4v) is 5.99. The van der Waals surface area contributed by atoms with Crippen molar-refractivity contribution in [3.05, 3.63) is 26.6 Å². The number of piperidine rings is 1. The van der Waals surface area contributed by atoms with Gasteiger partial charge in [0.1, 0.15) is 10.7 Å². The molecule has 1 aliphatic heterocycles. The molecule has 1 aliphatic carbocycles. The maximum atomic E-state index is 12.7. The van der Waals surface area contributed by atoms with Crippen LogP contribution in [-0.2, 0) is 43.1 Å². The number of hydrogen-bond donors (Lipinski definition) is 1. The van der Waals surface area contributed by atoms with Crippen molar-refractivity contribution in [1.82, 2.24) is 14.9 Å². The minimum absolute atomic E-state index is 0.0160. The van der Waals surface area contributed by atoms with E-state index in [1.807, 2.05) is 0 Å². The molecule has 0 spiro atoms. The molecule has 1 amide bonds. The number of aromatic amines is 1. The number of thiophene rings is 1. The van der Waals surface area contributed by atoms with Crippen LogP contribution in [0.4, 0.5) is 0 Å². The fraction of sp³-hybridized carbons (Fsp3) is 0.625. The molecule has 0 radical (unpaired) electrons. The van der Waals surface area contributed by atoms with Crippen molar-refractivity contribution < 1.29 is 23.9 Å². The van der Waals surface area contributed by atoms with E-state index < -0.39 is 12.1 Å². The van der Waals surface area contributed by atoms with E-state index in [0.717, 1.165) is 36.1 Å². The minimum Gasteiger partial charge on any atom is -0.466 e. The quantitative estimate of drug-likeness (QED) is 0.594. The van der Waals surface area contributed by atoms with Gasteiger partial charge in [-0.05, 0) is 57.9 Å². The molecule has 0 aromatic carbocycles. The van der Waals surface area contributed by atoms with Gasteiger partial charge in [-0.3, -0.25) is 19.2 Å². The van der Waals surface area contributed by atoms with E-state index in [4.69, 9.17) is 9.47 Å². The summed E-state index contributed by atoms with van der Waals surface area (Å²) in [6.07, 6.45) is 4.55. The van der Waals surface area contributed by atoms with E-state index in [2.05, 4.69) is 9.97 Å². The third-order valence-corrected chi connectivity index (χ3v) is 7.71. The normalized spacial score (nSPS) is 17.3. The number of esters is 2. The standard InChI is InChI=1S/C24H31N3O6S/c1-3-32-24(31)15-10-12-27(13-11-15)23(30)14(2)33-19(28)9-8-18-25-21(29)20-16-6-4-5-7-17(16)34-22(20)26-18/h14-15H,3-13H2,1-2H3,(H,25,26,29). The number of H-pyrrole nitrogens is 1. The maximum absolute atomic E-state index is 12.7. The maximum Gasteiger partial charge on any atom is 0.309 e. The predicted molar refractivity (Wildman–Crippen MR) is 127 cm³/mol. The minimum atomic E-state index is -0.912. The summed E-state index contributed by atoms with van der Waals surface area (Å²) in [7, 11) is 0. The van der Waals surface area contributed by atoms with Crippen molar-refractivity contribution >= 4 is 39.4 Å². The Morgan fingerprint density at radius 2 is 1.94 bits per heavy atom. The van der Waals surface area contributed by atoms with Gasteiger partial charge in [0.05, 0.1) is 24.3 Å². The van der Waals surface area contributed by atoms with Crippen molar-refractivity contribution in [2.45, 2.75) is 71.3 Å². The van der Waals surface area contributed by atoms with Crippen LogP contribution in [0, 0.1) is 5.92 Å². The second-order valence-corrected chi connectivity index (χ2v) is 9.97. The second-order valence-electron chi connectivity index (χ2n) is 8.89. The summed E-state index contributed by atoms with van der Waals surface area (Å²) < 4.78 is 10.4. The van der Waals surface area contributed by atoms with E-state index in [1.165, 1.54) is 4.88 Å². The zero-order valence-corrected chi connectivity index (χ0v) is 20.5. The first-order valence-electron chi connectivity index (χ1n) is 12.1. The zero-order valence-electron chi connectivity index (χ0n) is 19.7. The highest BCUT2D eigenvalue weighted by Crippen LogP contribution is 2.33. The molecule has 2 aromatic rings. The number of carbonyl (C=O) groups is 3. The molecule has 1 atom stereocenters. The molecule has 1 saturated heterocycles. The van der Waals surface area contributed by atoms with Gasteiger partial charge in [0.25, 0.3) is 11.5 Å². The number of hydrogen-bond acceptors (Lipinski definition) is 8. The van der Waals surface area contributed by atoms with Crippen LogP contribution in [0.3, 0.4) is 0 Å². The number of nitrogens with zero attached hydrogens (tertiary/aromatic N) is 2. The molecule has 1 fully saturated rings. The molecule has 10 heteroatoms. The van der Waals surface area contributed by atoms with Crippen LogP contribution in [0.1, 0.15) is 62.2 Å². The van der Waals surface area contributed by atoms with Crippen molar-refractivity contribution in [3.8, 4) is 0 Å². The molecule has 184 valence electrons. The van der Waals surface area contributed by atoms with Gasteiger partial charge >= 0.3 is 11.9 Å². The molecule has 1 unspecified atom stereocenters. The number of rotatable bonds is 7. The smallest absolute Gasteiger partial charge is 0.309 e. The average Bonchev–Trinajstić information content (AvgIpc) is 3.21. The van der Waals surface area contributed by atoms with Gasteiger partial charge in [0.2, 0.25) is 0 Å². The first-order chi connectivity index (χ1) is 16.4. The number of ether oxygens (including phenoxy) is 2. The topological polar surface area (TPSA) is 119 Å². The fourth-order valence-electron chi connectivity index (χ4n) is 4.71. The van der Waals surface area contributed by atoms with Crippen LogP contribution in [0.25, 0.3) is 10.2 Å². The van der Waals surface area contributed by atoms with Crippen LogP contribution < -0.4 is 5.56 Å². The van der Waals surface area contributed by atoms with E-state index in [9.17, 15) is 19.2 Å². The highest BCUT2D eigenvalue weighted by molar-refractivity contribution is 7.18. The zero-order chi connectivity index (χ0) is 24.2. The summed E-state index contributed by atoms with van der Waals surface area (Å²) in [6.45, 7) is 4.53. The van der Waals surface area contributed by atoms with Gasteiger partial charge in [0.15, 0.2) is 6.10 Å². The number of carbonyl (C=O) groups excluding carboxylic acids is 3. The van der Waals surface area contributed by atoms with Crippen molar-refractivity contribution in [1.29, 1.82) is 0 Å². The SMILES string of the molecule is CCOC(=O)C1CCN(C(=O)C(C)OC(=O)CCc2nc3sc4c(c3c(=O)[nH]2)CCCC4)CC1. The van der Waals surface area contributed by atoms with E-state index in [1.54, 1.807) is 30.1 Å². The third kappa shape index (κ3) is 5.32. The Labute approximate surface area is 201 Å². The monoisotopic (exact) mass is 489 g/mol. The Kier molecular flexibility index (Phi) is 7.65. The summed E-state index contributed by atoms with van der Waals surface area (Å²) in [6, 6.07) is 0. The summed E-state index contributed by atoms with van der Waals surface area (Å²) >= 11 is 1.57. The number of aromatic nitrogens is 2. The first-order valence-corrected chi connectivity index (χ1v) is 12.9. The molecular weight excluding hydrogens is 458 g/mol. The van der Waals surface area contributed by atoms with Gasteiger partial charge in [-0.2, -0.15) is 0 Å². The highest BCUT2D eigenvalue weighted by atomic mass is 32.1. The molecule has 3 heterocycles. The molecular formula is C24H31N3O6S. The molecule has 0 bridgehead atoms. The van der Waals surface area contributed by atoms with Crippen LogP contribution in [-0.4, -0.2) is 58.5 Å². The van der Waals surface area contributed by atoms with Gasteiger partial charge in [-0.25, -0.2) is 4.98 Å². The Hall–Kier alpha value is -2.75. The van der Waals surface area contributed by atoms with Gasteiger partial charge < -0.3 is 19.4 Å². The summed E-state index contributed by atoms with van der Waals surface area (Å²) in [5.41, 5.74) is 0.979. The molecule has 1 N–H and O–H groups in total. The molecule has 9 nitrogen and oxygen atoms in total. The summed E-state index contributed by atoms with van der Waals surface area (Å²) in [5.74, 6) is -0.749. The summed E-state index contributed by atoms with van der Waals surface area (Å²) in [4.78, 5) is 60.5. The molecule has 4 rings (SSSR count). The summed E-state index contributed by atoms with van der Waals surface area (Å²) in [5, 5.41) is 0.692. The van der Waals surface area contributed by atoms with Crippen LogP contribution in [0.2, 0.25) is 0 Å². The molecule has 2 aromatic heterocycles. The van der Waals surface area contributed by atoms with Gasteiger partial charge in [0, 0.05) is 24.4 Å². The molecule has 2 aliphatic rings. The van der Waals surface area contributed by atoms with E-state index >= 15 is 0 Å². The lowest BCUT2D eigenvalue weighted by Gasteiger charge is -2.32. The van der Waals surface area contributed by atoms with Crippen LogP contribution in [0.5, 0.6) is 0 Å². The third-order valence-electron chi connectivity index (χ3n) is 6.52. The van der Waals surface area contributed by atoms with Crippen molar-refractivity contribution in [3.63, 3.8) is 0 Å². The lowest BCUT2D eigenvalue weighted by atomic mass is 9.97. The van der Waals surface area contributed by atoms with Crippen molar-refractivity contribution in [2.75, 3.05) is 19.7 Å². The number of fused-ring (bicyclic) bond motifs is 3. The van der Waals surface area contributed by atoms with Crippen LogP contribution in [0.15, 0.2) is 4.79 Å². The number of nitrogens with one attached hydrogen (secondary N) is 1.